The van der Waals surface area contributed by atoms with E-state index in [9.17, 15) is 19.8 Å². The lowest BCUT2D eigenvalue weighted by atomic mass is 9.73. The number of thiazole rings is 1. The maximum Gasteiger partial charge on any atom is 0.309 e. The van der Waals surface area contributed by atoms with Crippen molar-refractivity contribution in [3.05, 3.63) is 21.7 Å². The van der Waals surface area contributed by atoms with Crippen LogP contribution in [-0.4, -0.2) is 56.5 Å². The number of aryl methyl sites for hydroxylation is 1. The number of rotatable bonds is 2. The molecule has 8 heteroatoms. The molecule has 2 N–H and O–H groups in total. The van der Waals surface area contributed by atoms with Gasteiger partial charge in [0.2, 0.25) is 0 Å². The molecule has 0 radical (unpaired) electrons. The van der Waals surface area contributed by atoms with Crippen molar-refractivity contribution in [1.82, 2.24) is 4.98 Å². The fraction of sp³-hybridized carbons (Fsp3) is 0.750. The minimum atomic E-state index is -1.24. The molecule has 2 saturated heterocycles. The van der Waals surface area contributed by atoms with Crippen molar-refractivity contribution in [3.63, 3.8) is 0 Å². The first-order valence-corrected chi connectivity index (χ1v) is 13.9. The molecule has 7 nitrogen and oxygen atoms in total. The number of nitrogens with zero attached hydrogens (tertiary/aromatic N) is 1. The van der Waals surface area contributed by atoms with Crippen LogP contribution in [0.2, 0.25) is 0 Å². The van der Waals surface area contributed by atoms with Gasteiger partial charge >= 0.3 is 5.97 Å². The van der Waals surface area contributed by atoms with E-state index in [1.165, 1.54) is 0 Å². The zero-order valence-electron chi connectivity index (χ0n) is 23.0. The fourth-order valence-corrected chi connectivity index (χ4v) is 5.85. The van der Waals surface area contributed by atoms with Crippen LogP contribution < -0.4 is 0 Å². The van der Waals surface area contributed by atoms with Gasteiger partial charge in [0, 0.05) is 17.7 Å². The molecule has 0 amide bonds. The zero-order chi connectivity index (χ0) is 27.1. The van der Waals surface area contributed by atoms with Crippen molar-refractivity contribution >= 4 is 29.2 Å². The highest BCUT2D eigenvalue weighted by Crippen LogP contribution is 2.47. The third-order valence-electron chi connectivity index (χ3n) is 8.45. The van der Waals surface area contributed by atoms with Gasteiger partial charge in [0.15, 0.2) is 0 Å². The number of hydrogen-bond acceptors (Lipinski definition) is 8. The Balaban J connectivity index is 1.91. The third kappa shape index (κ3) is 6.26. The van der Waals surface area contributed by atoms with Gasteiger partial charge in [-0.15, -0.1) is 11.3 Å². The maximum atomic E-state index is 13.3. The predicted octanol–water partition coefficient (Wildman–Crippen LogP) is 4.87. The van der Waals surface area contributed by atoms with Crippen LogP contribution >= 0.6 is 11.3 Å². The number of carbonyl (C=O) groups excluding carboxylic acids is 2. The molecule has 2 aliphatic rings. The van der Waals surface area contributed by atoms with Gasteiger partial charge in [-0.1, -0.05) is 34.1 Å². The van der Waals surface area contributed by atoms with E-state index in [0.29, 0.717) is 6.42 Å². The second-order valence-corrected chi connectivity index (χ2v) is 13.0. The molecule has 7 atom stereocenters. The molecule has 2 fully saturated rings. The number of carbonyl (C=O) groups is 2. The number of aromatic nitrogens is 1. The lowest BCUT2D eigenvalue weighted by Gasteiger charge is -2.36. The largest absolute Gasteiger partial charge is 0.455 e. The topological polar surface area (TPSA) is 109 Å². The van der Waals surface area contributed by atoms with Crippen LogP contribution in [0.25, 0.3) is 6.08 Å². The monoisotopic (exact) mass is 521 g/mol. The van der Waals surface area contributed by atoms with E-state index >= 15 is 0 Å². The average molecular weight is 522 g/mol. The summed E-state index contributed by atoms with van der Waals surface area (Å²) in [5.74, 6) is -1.58. The number of Topliss-reactive ketones (excluding diaryl/α,β-unsaturated/α-hetero) is 1. The summed E-state index contributed by atoms with van der Waals surface area (Å²) in [5.41, 5.74) is -0.843. The Morgan fingerprint density at radius 1 is 1.19 bits per heavy atom. The third-order valence-corrected chi connectivity index (χ3v) is 9.25. The molecular formula is C28H43NO6S. The van der Waals surface area contributed by atoms with Crippen LogP contribution in [0, 0.1) is 24.2 Å². The van der Waals surface area contributed by atoms with Crippen LogP contribution in [0.4, 0.5) is 0 Å². The van der Waals surface area contributed by atoms with Gasteiger partial charge in [-0.2, -0.15) is 0 Å². The molecule has 0 aromatic carbocycles. The highest BCUT2D eigenvalue weighted by Gasteiger charge is 2.55. The van der Waals surface area contributed by atoms with E-state index in [2.05, 4.69) is 11.9 Å². The quantitative estimate of drug-likeness (QED) is 0.422. The Kier molecular flexibility index (Phi) is 8.55. The van der Waals surface area contributed by atoms with E-state index in [0.717, 1.165) is 35.5 Å². The minimum Gasteiger partial charge on any atom is -0.455 e. The maximum absolute atomic E-state index is 13.3. The number of hydrogen-bond donors (Lipinski definition) is 2. The van der Waals surface area contributed by atoms with E-state index < -0.39 is 35.1 Å². The Bertz CT molecular complexity index is 1000. The molecule has 0 unspecified atom stereocenters. The SMILES string of the molecule is CC(=Cc1csc(C)n1)[C@@]1(C)C[C@@H]2O[C@@]2(C)CCC[C@@H](C)[C@@H](O)[C@H](C)C(=O)C(C)(C)[C@H](O)CC(=O)O1. The normalized spacial score (nSPS) is 38.8. The van der Waals surface area contributed by atoms with Crippen molar-refractivity contribution in [3.8, 4) is 0 Å². The Hall–Kier alpha value is -1.61. The molecule has 36 heavy (non-hydrogen) atoms. The van der Waals surface area contributed by atoms with Crippen LogP contribution in [0.5, 0.6) is 0 Å². The summed E-state index contributed by atoms with van der Waals surface area (Å²) < 4.78 is 12.2. The molecule has 0 aliphatic carbocycles. The summed E-state index contributed by atoms with van der Waals surface area (Å²) in [6, 6.07) is 0. The van der Waals surface area contributed by atoms with Gasteiger partial charge in [0.05, 0.1) is 46.5 Å². The van der Waals surface area contributed by atoms with Crippen LogP contribution in [0.3, 0.4) is 0 Å². The lowest BCUT2D eigenvalue weighted by molar-refractivity contribution is -0.161. The lowest BCUT2D eigenvalue weighted by Crippen LogP contribution is -2.46. The average Bonchev–Trinajstić information content (AvgIpc) is 3.21. The number of cyclic esters (lactones) is 1. The first-order chi connectivity index (χ1) is 16.6. The van der Waals surface area contributed by atoms with Crippen molar-refractivity contribution in [2.24, 2.45) is 17.3 Å². The van der Waals surface area contributed by atoms with Gasteiger partial charge in [-0.25, -0.2) is 4.98 Å². The van der Waals surface area contributed by atoms with Crippen molar-refractivity contribution < 1.29 is 29.3 Å². The van der Waals surface area contributed by atoms with Crippen LogP contribution in [0.1, 0.15) is 91.3 Å². The van der Waals surface area contributed by atoms with E-state index in [1.54, 1.807) is 32.1 Å². The summed E-state index contributed by atoms with van der Waals surface area (Å²) in [6.07, 6.45) is 2.38. The van der Waals surface area contributed by atoms with Crippen molar-refractivity contribution in [1.29, 1.82) is 0 Å². The smallest absolute Gasteiger partial charge is 0.309 e. The van der Waals surface area contributed by atoms with Crippen LogP contribution in [-0.2, 0) is 19.1 Å². The second-order valence-electron chi connectivity index (χ2n) is 11.9. The van der Waals surface area contributed by atoms with E-state index in [4.69, 9.17) is 9.47 Å². The van der Waals surface area contributed by atoms with E-state index in [-0.39, 0.29) is 29.8 Å². The number of esters is 1. The Morgan fingerprint density at radius 3 is 2.47 bits per heavy atom. The number of aliphatic hydroxyl groups is 2. The molecule has 3 rings (SSSR count). The number of ketones is 1. The van der Waals surface area contributed by atoms with Gasteiger partial charge < -0.3 is 19.7 Å². The van der Waals surface area contributed by atoms with Gasteiger partial charge in [0.1, 0.15) is 11.4 Å². The summed E-state index contributed by atoms with van der Waals surface area (Å²) >= 11 is 1.56. The molecule has 202 valence electrons. The number of fused-ring (bicyclic) bond motifs is 1. The Morgan fingerprint density at radius 2 is 1.86 bits per heavy atom. The summed E-state index contributed by atoms with van der Waals surface area (Å²) in [5, 5.41) is 24.7. The number of aliphatic hydroxyl groups excluding tert-OH is 2. The molecule has 3 heterocycles. The molecule has 1 aromatic heterocycles. The molecule has 1 aromatic rings. The summed E-state index contributed by atoms with van der Waals surface area (Å²) in [4.78, 5) is 30.9. The first kappa shape index (κ1) is 29.0. The van der Waals surface area contributed by atoms with Gasteiger partial charge in [-0.05, 0) is 58.1 Å². The highest BCUT2D eigenvalue weighted by molar-refractivity contribution is 7.09. The Labute approximate surface area is 219 Å². The molecule has 2 aliphatic heterocycles. The fourth-order valence-electron chi connectivity index (χ4n) is 5.28. The molecule has 0 saturated carbocycles. The number of ether oxygens (including phenoxy) is 2. The van der Waals surface area contributed by atoms with Crippen molar-refractivity contribution in [2.45, 2.75) is 117 Å². The summed E-state index contributed by atoms with van der Waals surface area (Å²) in [7, 11) is 0. The molecular weight excluding hydrogens is 478 g/mol. The van der Waals surface area contributed by atoms with Gasteiger partial charge in [0.25, 0.3) is 0 Å². The number of epoxide rings is 1. The molecule has 0 bridgehead atoms. The van der Waals surface area contributed by atoms with Crippen LogP contribution in [0.15, 0.2) is 11.0 Å². The van der Waals surface area contributed by atoms with Gasteiger partial charge in [-0.3, -0.25) is 9.59 Å². The van der Waals surface area contributed by atoms with Crippen molar-refractivity contribution in [2.75, 3.05) is 0 Å². The minimum absolute atomic E-state index is 0.0763. The second kappa shape index (κ2) is 10.6. The standard InChI is InChI=1S/C28H43NO6S/c1-16-10-9-11-27(7)22(34-27)14-28(8,17(2)12-20-15-36-19(4)29-20)35-23(31)13-21(30)26(5,6)25(33)18(3)24(16)32/h12,15-16,18,21-22,24,30,32H,9-11,13-14H2,1-8H3/t16-,18+,21-,22+,24-,27+,28-/m1/s1. The first-order valence-electron chi connectivity index (χ1n) is 13.0. The van der Waals surface area contributed by atoms with E-state index in [1.807, 2.05) is 39.2 Å². The predicted molar refractivity (Wildman–Crippen MR) is 140 cm³/mol. The zero-order valence-corrected chi connectivity index (χ0v) is 23.8. The highest BCUT2D eigenvalue weighted by atomic mass is 32.1. The summed E-state index contributed by atoms with van der Waals surface area (Å²) in [6.45, 7) is 14.7. The molecule has 0 spiro atoms.